The molecule has 164 valence electrons. The quantitative estimate of drug-likeness (QED) is 0.352. The van der Waals surface area contributed by atoms with Crippen molar-refractivity contribution in [3.63, 3.8) is 0 Å². The van der Waals surface area contributed by atoms with E-state index in [2.05, 4.69) is 31.2 Å². The third kappa shape index (κ3) is 6.12. The number of hydrogen-bond acceptors (Lipinski definition) is 5. The first kappa shape index (κ1) is 23.4. The fourth-order valence-corrected chi connectivity index (χ4v) is 4.60. The molecule has 1 saturated heterocycles. The number of halogens is 1. The zero-order chi connectivity index (χ0) is 22.4. The molecule has 8 heteroatoms. The van der Waals surface area contributed by atoms with Crippen LogP contribution in [0.5, 0.6) is 0 Å². The predicted octanol–water partition coefficient (Wildman–Crippen LogP) is 5.71. The van der Waals surface area contributed by atoms with E-state index in [9.17, 15) is 9.90 Å². The molecule has 0 atom stereocenters. The molecule has 31 heavy (non-hydrogen) atoms. The van der Waals surface area contributed by atoms with Crippen molar-refractivity contribution in [2.24, 2.45) is 4.99 Å². The minimum atomic E-state index is -0.992. The molecule has 6 nitrogen and oxygen atoms in total. The Hall–Kier alpha value is -2.29. The fraction of sp³-hybridized carbons (Fsp3) is 0.348. The van der Waals surface area contributed by atoms with Crippen molar-refractivity contribution >= 4 is 55.5 Å². The van der Waals surface area contributed by atoms with Gasteiger partial charge in [-0.1, -0.05) is 34.5 Å². The molecule has 2 aromatic heterocycles. The largest absolute Gasteiger partial charge is 0.477 e. The SMILES string of the molecule is C1CCNCC1.Cc1cc(-c2ccc(Br)cc2)c2c(N=CN(C)C)c(C(=O)O)sc2n1. The van der Waals surface area contributed by atoms with E-state index in [0.29, 0.717) is 10.5 Å². The zero-order valence-corrected chi connectivity index (χ0v) is 20.4. The number of hydrogen-bond donors (Lipinski definition) is 2. The van der Waals surface area contributed by atoms with Crippen molar-refractivity contribution < 1.29 is 9.90 Å². The lowest BCUT2D eigenvalue weighted by Crippen LogP contribution is -2.21. The molecule has 0 bridgehead atoms. The lowest BCUT2D eigenvalue weighted by atomic mass is 10.0. The Labute approximate surface area is 195 Å². The molecule has 0 spiro atoms. The minimum absolute atomic E-state index is 0.199. The number of nitrogens with zero attached hydrogens (tertiary/aromatic N) is 3. The first-order valence-electron chi connectivity index (χ1n) is 10.2. The molecular weight excluding hydrogens is 476 g/mol. The molecule has 1 fully saturated rings. The number of aryl methyl sites for hydroxylation is 1. The highest BCUT2D eigenvalue weighted by Gasteiger charge is 2.22. The lowest BCUT2D eigenvalue weighted by Gasteiger charge is -2.08. The van der Waals surface area contributed by atoms with Gasteiger partial charge in [0.25, 0.3) is 0 Å². The van der Waals surface area contributed by atoms with Crippen LogP contribution in [0.15, 0.2) is 39.8 Å². The number of rotatable bonds is 4. The number of benzene rings is 1. The van der Waals surface area contributed by atoms with Gasteiger partial charge < -0.3 is 15.3 Å². The molecule has 4 rings (SSSR count). The number of carbonyl (C=O) groups is 1. The molecule has 0 saturated carbocycles. The van der Waals surface area contributed by atoms with Crippen molar-refractivity contribution in [3.8, 4) is 11.1 Å². The van der Waals surface area contributed by atoms with Crippen molar-refractivity contribution in [2.75, 3.05) is 27.2 Å². The van der Waals surface area contributed by atoms with Gasteiger partial charge in [-0.3, -0.25) is 0 Å². The standard InChI is InChI=1S/C18H16BrN3O2S.C5H11N/c1-10-8-13(11-4-6-12(19)7-5-11)14-15(20-9-22(2)3)16(18(23)24)25-17(14)21-10;1-2-4-6-5-3-1/h4-9H,1-3H3,(H,23,24);6H,1-5H2. The summed E-state index contributed by atoms with van der Waals surface area (Å²) < 4.78 is 0.987. The van der Waals surface area contributed by atoms with Gasteiger partial charge in [0.1, 0.15) is 15.4 Å². The van der Waals surface area contributed by atoms with Gasteiger partial charge in [0.2, 0.25) is 0 Å². The van der Waals surface area contributed by atoms with Crippen LogP contribution in [0, 0.1) is 6.92 Å². The highest BCUT2D eigenvalue weighted by molar-refractivity contribution is 9.10. The van der Waals surface area contributed by atoms with Crippen LogP contribution in [-0.4, -0.2) is 54.5 Å². The van der Waals surface area contributed by atoms with E-state index >= 15 is 0 Å². The Morgan fingerprint density at radius 1 is 1.23 bits per heavy atom. The summed E-state index contributed by atoms with van der Waals surface area (Å²) in [5.41, 5.74) is 3.22. The smallest absolute Gasteiger partial charge is 0.348 e. The molecule has 1 aliphatic heterocycles. The second kappa shape index (κ2) is 10.8. The first-order valence-corrected chi connectivity index (χ1v) is 11.8. The fourth-order valence-electron chi connectivity index (χ4n) is 3.31. The van der Waals surface area contributed by atoms with Crippen LogP contribution in [-0.2, 0) is 0 Å². The van der Waals surface area contributed by atoms with Crippen molar-refractivity contribution in [2.45, 2.75) is 26.2 Å². The highest BCUT2D eigenvalue weighted by atomic mass is 79.9. The van der Waals surface area contributed by atoms with Crippen LogP contribution < -0.4 is 5.32 Å². The summed E-state index contributed by atoms with van der Waals surface area (Å²) in [5.74, 6) is -0.992. The van der Waals surface area contributed by atoms with Gasteiger partial charge >= 0.3 is 5.97 Å². The third-order valence-corrected chi connectivity index (χ3v) is 6.33. The van der Waals surface area contributed by atoms with Gasteiger partial charge in [-0.05, 0) is 62.2 Å². The number of carboxylic acid groups (broad SMARTS) is 1. The van der Waals surface area contributed by atoms with E-state index in [1.807, 2.05) is 51.4 Å². The molecule has 1 aliphatic rings. The van der Waals surface area contributed by atoms with Crippen LogP contribution in [0.25, 0.3) is 21.3 Å². The van der Waals surface area contributed by atoms with Crippen LogP contribution in [0.2, 0.25) is 0 Å². The number of carboxylic acids is 1. The van der Waals surface area contributed by atoms with Gasteiger partial charge in [0, 0.05) is 29.6 Å². The number of aromatic nitrogens is 1. The average molecular weight is 503 g/mol. The molecule has 0 unspecified atom stereocenters. The summed E-state index contributed by atoms with van der Waals surface area (Å²) in [7, 11) is 3.69. The maximum absolute atomic E-state index is 11.7. The van der Waals surface area contributed by atoms with Gasteiger partial charge in [-0.25, -0.2) is 14.8 Å². The van der Waals surface area contributed by atoms with Crippen molar-refractivity contribution in [3.05, 3.63) is 45.4 Å². The molecule has 2 N–H and O–H groups in total. The van der Waals surface area contributed by atoms with Gasteiger partial charge in [0.05, 0.1) is 6.34 Å². The molecule has 0 aliphatic carbocycles. The summed E-state index contributed by atoms with van der Waals surface area (Å²) >= 11 is 4.60. The van der Waals surface area contributed by atoms with E-state index in [1.54, 1.807) is 11.2 Å². The van der Waals surface area contributed by atoms with Gasteiger partial charge in [-0.2, -0.15) is 0 Å². The van der Waals surface area contributed by atoms with E-state index in [0.717, 1.165) is 38.0 Å². The van der Waals surface area contributed by atoms with Gasteiger partial charge in [-0.15, -0.1) is 11.3 Å². The molecule has 0 amide bonds. The Bertz CT molecular complexity index is 1060. The zero-order valence-electron chi connectivity index (χ0n) is 18.0. The number of aliphatic imine (C=N–C) groups is 1. The summed E-state index contributed by atoms with van der Waals surface area (Å²) in [4.78, 5) is 23.3. The van der Waals surface area contributed by atoms with Crippen LogP contribution >= 0.6 is 27.3 Å². The topological polar surface area (TPSA) is 77.8 Å². The predicted molar refractivity (Wildman–Crippen MR) is 133 cm³/mol. The second-order valence-electron chi connectivity index (χ2n) is 7.60. The molecule has 1 aromatic carbocycles. The van der Waals surface area contributed by atoms with Crippen LogP contribution in [0.1, 0.15) is 34.6 Å². The summed E-state index contributed by atoms with van der Waals surface area (Å²) in [5, 5.41) is 13.6. The normalized spacial score (nSPS) is 13.8. The Kier molecular flexibility index (Phi) is 8.17. The average Bonchev–Trinajstić information content (AvgIpc) is 3.12. The monoisotopic (exact) mass is 502 g/mol. The van der Waals surface area contributed by atoms with Gasteiger partial charge in [0.15, 0.2) is 0 Å². The van der Waals surface area contributed by atoms with E-state index in [1.165, 1.54) is 32.4 Å². The number of pyridine rings is 1. The minimum Gasteiger partial charge on any atom is -0.477 e. The number of aromatic carboxylic acids is 1. The Morgan fingerprint density at radius 3 is 2.42 bits per heavy atom. The third-order valence-electron chi connectivity index (χ3n) is 4.74. The molecule has 3 aromatic rings. The van der Waals surface area contributed by atoms with Crippen LogP contribution in [0.3, 0.4) is 0 Å². The molecule has 3 heterocycles. The maximum atomic E-state index is 11.7. The molecular formula is C23H27BrN4O2S. The Morgan fingerprint density at radius 2 is 1.90 bits per heavy atom. The van der Waals surface area contributed by atoms with Crippen molar-refractivity contribution in [1.82, 2.24) is 15.2 Å². The summed E-state index contributed by atoms with van der Waals surface area (Å²) in [6, 6.07) is 9.89. The number of thiophene rings is 1. The van der Waals surface area contributed by atoms with E-state index in [-0.39, 0.29) is 4.88 Å². The number of piperidine rings is 1. The van der Waals surface area contributed by atoms with Crippen LogP contribution in [0.4, 0.5) is 5.69 Å². The first-order chi connectivity index (χ1) is 14.9. The summed E-state index contributed by atoms with van der Waals surface area (Å²) in [6.45, 7) is 4.41. The maximum Gasteiger partial charge on any atom is 0.348 e. The van der Waals surface area contributed by atoms with E-state index < -0.39 is 5.97 Å². The lowest BCUT2D eigenvalue weighted by molar-refractivity contribution is 0.0703. The van der Waals surface area contributed by atoms with Crippen molar-refractivity contribution in [1.29, 1.82) is 0 Å². The second-order valence-corrected chi connectivity index (χ2v) is 9.52. The highest BCUT2D eigenvalue weighted by Crippen LogP contribution is 2.43. The number of nitrogens with one attached hydrogen (secondary N) is 1. The number of fused-ring (bicyclic) bond motifs is 1. The Balaban J connectivity index is 0.000000391. The van der Waals surface area contributed by atoms with E-state index in [4.69, 9.17) is 0 Å². The summed E-state index contributed by atoms with van der Waals surface area (Å²) in [6.07, 6.45) is 5.83. The molecule has 0 radical (unpaired) electrons.